The van der Waals surface area contributed by atoms with Crippen molar-refractivity contribution in [1.29, 1.82) is 0 Å². The van der Waals surface area contributed by atoms with Crippen LogP contribution in [0.5, 0.6) is 0 Å². The summed E-state index contributed by atoms with van der Waals surface area (Å²) in [5, 5.41) is 11.6. The Morgan fingerprint density at radius 3 is 2.48 bits per heavy atom. The van der Waals surface area contributed by atoms with Gasteiger partial charge in [-0.15, -0.1) is 11.8 Å². The molecule has 3 rings (SSSR count). The van der Waals surface area contributed by atoms with Crippen LogP contribution in [0.1, 0.15) is 34.2 Å². The molecule has 0 bridgehead atoms. The van der Waals surface area contributed by atoms with Crippen molar-refractivity contribution in [3.8, 4) is 0 Å². The maximum atomic E-state index is 12.4. The van der Waals surface area contributed by atoms with Crippen LogP contribution in [0.25, 0.3) is 0 Å². The zero-order valence-electron chi connectivity index (χ0n) is 18.7. The van der Waals surface area contributed by atoms with Gasteiger partial charge in [0.25, 0.3) is 5.91 Å². The van der Waals surface area contributed by atoms with E-state index in [2.05, 4.69) is 21.1 Å². The fourth-order valence-corrected chi connectivity index (χ4v) is 3.56. The van der Waals surface area contributed by atoms with Gasteiger partial charge in [-0.1, -0.05) is 35.0 Å². The first-order chi connectivity index (χ1) is 15.8. The number of amides is 3. The topological polar surface area (TPSA) is 113 Å². The summed E-state index contributed by atoms with van der Waals surface area (Å²) in [4.78, 5) is 36.8. The van der Waals surface area contributed by atoms with Gasteiger partial charge < -0.3 is 20.5 Å². The highest BCUT2D eigenvalue weighted by atomic mass is 32.2. The minimum Gasteiger partial charge on any atom is -0.360 e. The van der Waals surface area contributed by atoms with Crippen LogP contribution < -0.4 is 16.0 Å². The second-order valence-electron chi connectivity index (χ2n) is 7.56. The van der Waals surface area contributed by atoms with Crippen molar-refractivity contribution in [2.45, 2.75) is 32.6 Å². The highest BCUT2D eigenvalue weighted by molar-refractivity contribution is 8.01. The maximum absolute atomic E-state index is 12.4. The molecule has 1 unspecified atom stereocenters. The average molecular weight is 467 g/mol. The van der Waals surface area contributed by atoms with Gasteiger partial charge in [0.15, 0.2) is 5.82 Å². The lowest BCUT2D eigenvalue weighted by Crippen LogP contribution is -2.28. The molecular formula is C24H26N4O4S. The fraction of sp³-hybridized carbons (Fsp3) is 0.250. The molecule has 0 saturated heterocycles. The summed E-state index contributed by atoms with van der Waals surface area (Å²) >= 11 is 1.22. The van der Waals surface area contributed by atoms with Gasteiger partial charge in [-0.05, 0) is 50.6 Å². The van der Waals surface area contributed by atoms with Crippen molar-refractivity contribution in [3.63, 3.8) is 0 Å². The number of hydrogen-bond donors (Lipinski definition) is 3. The van der Waals surface area contributed by atoms with E-state index in [1.54, 1.807) is 38.1 Å². The number of thioether (sulfide) groups is 1. The smallest absolute Gasteiger partial charge is 0.255 e. The minimum absolute atomic E-state index is 0.135. The number of aromatic nitrogens is 1. The van der Waals surface area contributed by atoms with Crippen molar-refractivity contribution in [2.24, 2.45) is 0 Å². The molecule has 0 aliphatic heterocycles. The first-order valence-corrected chi connectivity index (χ1v) is 11.4. The van der Waals surface area contributed by atoms with Gasteiger partial charge in [0, 0.05) is 23.9 Å². The minimum atomic E-state index is -0.437. The van der Waals surface area contributed by atoms with Crippen molar-refractivity contribution < 1.29 is 18.9 Å². The second kappa shape index (κ2) is 11.3. The molecule has 8 nitrogen and oxygen atoms in total. The molecule has 0 aliphatic carbocycles. The number of carbonyl (C=O) groups is 3. The Morgan fingerprint density at radius 1 is 1.03 bits per heavy atom. The predicted molar refractivity (Wildman–Crippen MR) is 129 cm³/mol. The Hall–Kier alpha value is -3.59. The van der Waals surface area contributed by atoms with E-state index in [0.29, 0.717) is 29.4 Å². The van der Waals surface area contributed by atoms with Crippen LogP contribution in [0, 0.1) is 13.8 Å². The third-order valence-corrected chi connectivity index (χ3v) is 5.84. The zero-order chi connectivity index (χ0) is 23.8. The first kappa shape index (κ1) is 24.1. The molecule has 2 aromatic carbocycles. The van der Waals surface area contributed by atoms with Crippen LogP contribution in [0.3, 0.4) is 0 Å². The van der Waals surface area contributed by atoms with Crippen LogP contribution in [-0.4, -0.2) is 33.9 Å². The quantitative estimate of drug-likeness (QED) is 0.441. The molecule has 0 aliphatic rings. The number of benzene rings is 2. The molecular weight excluding hydrogens is 440 g/mol. The molecule has 0 spiro atoms. The van der Waals surface area contributed by atoms with E-state index in [4.69, 9.17) is 4.52 Å². The summed E-state index contributed by atoms with van der Waals surface area (Å²) < 4.78 is 4.91. The van der Waals surface area contributed by atoms with E-state index >= 15 is 0 Å². The molecule has 3 aromatic rings. The second-order valence-corrected chi connectivity index (χ2v) is 8.89. The van der Waals surface area contributed by atoms with E-state index < -0.39 is 5.25 Å². The van der Waals surface area contributed by atoms with E-state index in [-0.39, 0.29) is 23.5 Å². The Bertz CT molecular complexity index is 1130. The average Bonchev–Trinajstić information content (AvgIpc) is 3.21. The monoisotopic (exact) mass is 466 g/mol. The standard InChI is InChI=1S/C24H26N4O4S/c1-15-7-9-19(10-8-15)24(31)26-20-6-4-5-18(12-20)13-25-22(29)14-33-17(3)23(30)27-21-11-16(2)32-28-21/h4-12,17H,13-14H2,1-3H3,(H,25,29)(H,26,31)(H,27,28,30). The summed E-state index contributed by atoms with van der Waals surface area (Å²) in [7, 11) is 0. The predicted octanol–water partition coefficient (Wildman–Crippen LogP) is 3.92. The summed E-state index contributed by atoms with van der Waals surface area (Å²) in [6.07, 6.45) is 0. The van der Waals surface area contributed by atoms with Crippen LogP contribution in [0.15, 0.2) is 59.1 Å². The fourth-order valence-electron chi connectivity index (χ4n) is 2.85. The summed E-state index contributed by atoms with van der Waals surface area (Å²) in [6.45, 7) is 5.73. The Balaban J connectivity index is 1.43. The number of nitrogens with one attached hydrogen (secondary N) is 3. The summed E-state index contributed by atoms with van der Waals surface area (Å²) in [5.74, 6) is 0.452. The van der Waals surface area contributed by atoms with Crippen LogP contribution in [-0.2, 0) is 16.1 Å². The first-order valence-electron chi connectivity index (χ1n) is 10.4. The molecule has 33 heavy (non-hydrogen) atoms. The molecule has 3 amide bonds. The maximum Gasteiger partial charge on any atom is 0.255 e. The number of rotatable bonds is 9. The van der Waals surface area contributed by atoms with Gasteiger partial charge in [-0.3, -0.25) is 14.4 Å². The van der Waals surface area contributed by atoms with E-state index in [1.807, 2.05) is 37.3 Å². The summed E-state index contributed by atoms with van der Waals surface area (Å²) in [6, 6.07) is 16.3. The largest absolute Gasteiger partial charge is 0.360 e. The number of anilines is 2. The molecule has 9 heteroatoms. The zero-order valence-corrected chi connectivity index (χ0v) is 19.5. The SMILES string of the molecule is Cc1ccc(C(=O)Nc2cccc(CNC(=O)CSC(C)C(=O)Nc3cc(C)on3)c2)cc1. The normalized spacial score (nSPS) is 11.5. The molecule has 1 aromatic heterocycles. The highest BCUT2D eigenvalue weighted by Gasteiger charge is 2.17. The Kier molecular flexibility index (Phi) is 8.26. The highest BCUT2D eigenvalue weighted by Crippen LogP contribution is 2.15. The number of aryl methyl sites for hydroxylation is 2. The van der Waals surface area contributed by atoms with Crippen molar-refractivity contribution in [3.05, 3.63) is 77.0 Å². The van der Waals surface area contributed by atoms with Gasteiger partial charge in [-0.2, -0.15) is 0 Å². The Morgan fingerprint density at radius 2 is 1.79 bits per heavy atom. The third kappa shape index (κ3) is 7.50. The number of nitrogens with zero attached hydrogens (tertiary/aromatic N) is 1. The van der Waals surface area contributed by atoms with Crippen molar-refractivity contribution in [2.75, 3.05) is 16.4 Å². The number of carbonyl (C=O) groups excluding carboxylic acids is 3. The molecule has 1 heterocycles. The lowest BCUT2D eigenvalue weighted by atomic mass is 10.1. The van der Waals surface area contributed by atoms with Crippen molar-refractivity contribution in [1.82, 2.24) is 10.5 Å². The van der Waals surface area contributed by atoms with E-state index in [1.165, 1.54) is 11.8 Å². The molecule has 172 valence electrons. The molecule has 3 N–H and O–H groups in total. The molecule has 0 saturated carbocycles. The lowest BCUT2D eigenvalue weighted by Gasteiger charge is -2.11. The molecule has 1 atom stereocenters. The van der Waals surface area contributed by atoms with Gasteiger partial charge in [-0.25, -0.2) is 0 Å². The van der Waals surface area contributed by atoms with Crippen LogP contribution in [0.2, 0.25) is 0 Å². The van der Waals surface area contributed by atoms with Gasteiger partial charge in [0.2, 0.25) is 11.8 Å². The summed E-state index contributed by atoms with van der Waals surface area (Å²) in [5.41, 5.74) is 3.16. The van der Waals surface area contributed by atoms with Crippen molar-refractivity contribution >= 4 is 41.0 Å². The third-order valence-electron chi connectivity index (χ3n) is 4.70. The van der Waals surface area contributed by atoms with Crippen LogP contribution >= 0.6 is 11.8 Å². The molecule has 0 radical (unpaired) electrons. The van der Waals surface area contributed by atoms with Gasteiger partial charge >= 0.3 is 0 Å². The van der Waals surface area contributed by atoms with Gasteiger partial charge in [0.05, 0.1) is 11.0 Å². The van der Waals surface area contributed by atoms with Crippen LogP contribution in [0.4, 0.5) is 11.5 Å². The van der Waals surface area contributed by atoms with E-state index in [9.17, 15) is 14.4 Å². The van der Waals surface area contributed by atoms with E-state index in [0.717, 1.165) is 11.1 Å². The lowest BCUT2D eigenvalue weighted by molar-refractivity contribution is -0.118. The van der Waals surface area contributed by atoms with Gasteiger partial charge in [0.1, 0.15) is 5.76 Å². The Labute approximate surface area is 196 Å². The number of hydrogen-bond acceptors (Lipinski definition) is 6. The molecule has 0 fully saturated rings.